The number of nitrogens with two attached hydrogens (primary N) is 2. The number of rotatable bonds is 7. The highest BCUT2D eigenvalue weighted by atomic mass is 19.4. The van der Waals surface area contributed by atoms with Gasteiger partial charge < -0.3 is 21.5 Å². The molecule has 0 spiro atoms. The Balaban J connectivity index is 1.19. The van der Waals surface area contributed by atoms with Crippen molar-refractivity contribution in [2.75, 3.05) is 16.8 Å². The van der Waals surface area contributed by atoms with Crippen molar-refractivity contribution in [3.8, 4) is 45.0 Å². The summed E-state index contributed by atoms with van der Waals surface area (Å²) in [6.45, 7) is 0. The number of hydrogen-bond acceptors (Lipinski definition) is 8. The predicted octanol–water partition coefficient (Wildman–Crippen LogP) is 11.3. The molecule has 14 heteroatoms. The van der Waals surface area contributed by atoms with E-state index in [1.54, 1.807) is 42.9 Å². The summed E-state index contributed by atoms with van der Waals surface area (Å²) in [6, 6.07) is 26.9. The Kier molecular flexibility index (Phi) is 8.87. The number of halogens is 6. The van der Waals surface area contributed by atoms with E-state index >= 15 is 0 Å². The molecule has 278 valence electrons. The Morgan fingerprint density at radius 1 is 0.536 bits per heavy atom. The van der Waals surface area contributed by atoms with E-state index < -0.39 is 23.5 Å². The Labute approximate surface area is 314 Å². The van der Waals surface area contributed by atoms with Crippen molar-refractivity contribution in [2.24, 2.45) is 0 Å². The van der Waals surface area contributed by atoms with Gasteiger partial charge in [0.25, 0.3) is 0 Å². The van der Waals surface area contributed by atoms with Crippen LogP contribution in [0.4, 0.5) is 49.2 Å². The highest BCUT2D eigenvalue weighted by molar-refractivity contribution is 6.01. The molecule has 56 heavy (non-hydrogen) atoms. The van der Waals surface area contributed by atoms with Gasteiger partial charge >= 0.3 is 12.4 Å². The van der Waals surface area contributed by atoms with Crippen molar-refractivity contribution in [1.29, 1.82) is 0 Å². The fourth-order valence-corrected chi connectivity index (χ4v) is 6.27. The third kappa shape index (κ3) is 7.07. The van der Waals surface area contributed by atoms with Gasteiger partial charge in [0, 0.05) is 69.2 Å². The molecule has 8 rings (SSSR count). The first-order chi connectivity index (χ1) is 26.8. The van der Waals surface area contributed by atoms with Gasteiger partial charge in [0.15, 0.2) is 0 Å². The molecule has 0 radical (unpaired) electrons. The van der Waals surface area contributed by atoms with E-state index in [0.29, 0.717) is 78.1 Å². The summed E-state index contributed by atoms with van der Waals surface area (Å²) in [6.07, 6.45) is -2.62. The molecule has 5 N–H and O–H groups in total. The summed E-state index contributed by atoms with van der Waals surface area (Å²) in [5.41, 5.74) is 17.8. The molecule has 0 bridgehead atoms. The van der Waals surface area contributed by atoms with Crippen molar-refractivity contribution in [2.45, 2.75) is 12.4 Å². The summed E-state index contributed by atoms with van der Waals surface area (Å²) >= 11 is 0. The summed E-state index contributed by atoms with van der Waals surface area (Å²) in [5.74, 6) is 0.708. The minimum Gasteiger partial charge on any atom is -0.438 e. The van der Waals surface area contributed by atoms with E-state index in [4.69, 9.17) is 21.2 Å². The van der Waals surface area contributed by atoms with E-state index in [2.05, 4.69) is 20.3 Å². The van der Waals surface area contributed by atoms with Gasteiger partial charge in [-0.05, 0) is 108 Å². The van der Waals surface area contributed by atoms with Crippen LogP contribution in [0.15, 0.2) is 134 Å². The second-order valence-corrected chi connectivity index (χ2v) is 12.8. The summed E-state index contributed by atoms with van der Waals surface area (Å²) in [4.78, 5) is 18.1. The van der Waals surface area contributed by atoms with E-state index in [1.165, 1.54) is 30.5 Å². The van der Waals surface area contributed by atoms with Gasteiger partial charge in [0.1, 0.15) is 11.6 Å². The minimum absolute atomic E-state index is 0.172. The van der Waals surface area contributed by atoms with Gasteiger partial charge in [-0.3, -0.25) is 9.97 Å². The molecule has 0 unspecified atom stereocenters. The number of alkyl halides is 6. The molecule has 0 aliphatic heterocycles. The molecule has 0 aliphatic carbocycles. The van der Waals surface area contributed by atoms with Crippen LogP contribution in [0.1, 0.15) is 11.1 Å². The number of hydrogen-bond donors (Lipinski definition) is 3. The quantitative estimate of drug-likeness (QED) is 0.137. The molecule has 8 aromatic rings. The van der Waals surface area contributed by atoms with E-state index in [0.717, 1.165) is 24.3 Å². The monoisotopic (exact) mass is 759 g/mol. The van der Waals surface area contributed by atoms with Crippen molar-refractivity contribution in [3.05, 3.63) is 145 Å². The predicted molar refractivity (Wildman–Crippen MR) is 204 cm³/mol. The van der Waals surface area contributed by atoms with E-state index in [9.17, 15) is 26.3 Å². The summed E-state index contributed by atoms with van der Waals surface area (Å²) in [7, 11) is 0. The normalized spacial score (nSPS) is 11.9. The average molecular weight is 760 g/mol. The molecule has 0 saturated heterocycles. The molecule has 0 amide bonds. The van der Waals surface area contributed by atoms with Gasteiger partial charge in [-0.25, -0.2) is 9.97 Å². The van der Waals surface area contributed by atoms with Crippen LogP contribution in [0, 0.1) is 0 Å². The SMILES string of the molecule is Nc1ccnc2ccc(-c3cc(-c4cnc5ccc(-c6cccnc6Oc6ccc(C(F)(F)F)cc6)cc5c4N)cnc3Nc3ccc(C(F)(F)F)cc3)cc12. The smallest absolute Gasteiger partial charge is 0.416 e. The summed E-state index contributed by atoms with van der Waals surface area (Å²) in [5, 5.41) is 4.45. The van der Waals surface area contributed by atoms with Crippen molar-refractivity contribution >= 4 is 44.7 Å². The number of ether oxygens (including phenoxy) is 1. The second kappa shape index (κ2) is 13.9. The lowest BCUT2D eigenvalue weighted by molar-refractivity contribution is -0.138. The van der Waals surface area contributed by atoms with Gasteiger partial charge in [-0.1, -0.05) is 12.1 Å². The van der Waals surface area contributed by atoms with Crippen molar-refractivity contribution in [1.82, 2.24) is 19.9 Å². The molecule has 4 aromatic carbocycles. The van der Waals surface area contributed by atoms with Crippen LogP contribution in [0.5, 0.6) is 11.6 Å². The molecule has 0 saturated carbocycles. The highest BCUT2D eigenvalue weighted by Crippen LogP contribution is 2.40. The molecule has 0 fully saturated rings. The summed E-state index contributed by atoms with van der Waals surface area (Å²) < 4.78 is 85.1. The number of fused-ring (bicyclic) bond motifs is 2. The lowest BCUT2D eigenvalue weighted by Gasteiger charge is -2.16. The zero-order valence-electron chi connectivity index (χ0n) is 28.8. The number of benzene rings is 4. The maximum absolute atomic E-state index is 13.3. The van der Waals surface area contributed by atoms with Crippen molar-refractivity contribution < 1.29 is 31.1 Å². The number of aromatic nitrogens is 4. The molecule has 0 aliphatic rings. The molecule has 8 nitrogen and oxygen atoms in total. The third-order valence-corrected chi connectivity index (χ3v) is 9.15. The minimum atomic E-state index is -4.49. The van der Waals surface area contributed by atoms with E-state index in [-0.39, 0.29) is 11.6 Å². The maximum Gasteiger partial charge on any atom is 0.416 e. The van der Waals surface area contributed by atoms with Crippen LogP contribution in [-0.2, 0) is 12.4 Å². The van der Waals surface area contributed by atoms with Crippen LogP contribution in [0.2, 0.25) is 0 Å². The molecular weight excluding hydrogens is 732 g/mol. The van der Waals surface area contributed by atoms with Crippen LogP contribution < -0.4 is 21.5 Å². The Hall–Kier alpha value is -7.22. The third-order valence-electron chi connectivity index (χ3n) is 9.15. The molecular formula is C42H27F6N7O. The zero-order valence-corrected chi connectivity index (χ0v) is 28.8. The van der Waals surface area contributed by atoms with E-state index in [1.807, 2.05) is 36.4 Å². The Bertz CT molecular complexity index is 2750. The lowest BCUT2D eigenvalue weighted by atomic mass is 9.97. The maximum atomic E-state index is 13.3. The van der Waals surface area contributed by atoms with Crippen LogP contribution in [0.25, 0.3) is 55.2 Å². The average Bonchev–Trinajstić information content (AvgIpc) is 3.18. The first-order valence-electron chi connectivity index (χ1n) is 16.9. The standard InChI is InChI=1S/C42H27F6N7O/c43-41(44,45)26-5-9-28(10-6-26)55-39-31(24-4-13-36-32(18-24)35(49)15-17-51-36)20-25(21-54-39)34-22-53-37-14-3-23(19-33(37)38(34)50)30-2-1-16-52-40(30)56-29-11-7-27(8-12-29)42(46,47)48/h1-22H,(H2,49,51)(H2,50,53)(H,54,55). The van der Waals surface area contributed by atoms with Gasteiger partial charge in [0.05, 0.1) is 27.8 Å². The van der Waals surface area contributed by atoms with Gasteiger partial charge in [-0.15, -0.1) is 0 Å². The lowest BCUT2D eigenvalue weighted by Crippen LogP contribution is -2.05. The number of nitrogens with zero attached hydrogens (tertiary/aromatic N) is 4. The number of anilines is 4. The van der Waals surface area contributed by atoms with Crippen LogP contribution >= 0.6 is 0 Å². The Morgan fingerprint density at radius 3 is 1.88 bits per heavy atom. The first-order valence-corrected chi connectivity index (χ1v) is 16.9. The largest absolute Gasteiger partial charge is 0.438 e. The van der Waals surface area contributed by atoms with Crippen molar-refractivity contribution in [3.63, 3.8) is 0 Å². The number of nitrogen functional groups attached to an aromatic ring is 2. The second-order valence-electron chi connectivity index (χ2n) is 12.8. The van der Waals surface area contributed by atoms with Crippen LogP contribution in [-0.4, -0.2) is 19.9 Å². The van der Waals surface area contributed by atoms with Gasteiger partial charge in [0.2, 0.25) is 5.88 Å². The van der Waals surface area contributed by atoms with Crippen LogP contribution in [0.3, 0.4) is 0 Å². The number of nitrogens with one attached hydrogen (secondary N) is 1. The highest BCUT2D eigenvalue weighted by Gasteiger charge is 2.31. The molecule has 4 heterocycles. The Morgan fingerprint density at radius 2 is 1.18 bits per heavy atom. The first kappa shape index (κ1) is 35.8. The molecule has 0 atom stereocenters. The molecule has 4 aromatic heterocycles. The number of pyridine rings is 4. The fraction of sp³-hybridized carbons (Fsp3) is 0.0476. The zero-order chi connectivity index (χ0) is 39.2. The van der Waals surface area contributed by atoms with Gasteiger partial charge in [-0.2, -0.15) is 26.3 Å². The topological polar surface area (TPSA) is 125 Å². The fourth-order valence-electron chi connectivity index (χ4n) is 6.27.